The van der Waals surface area contributed by atoms with Crippen LogP contribution in [0.15, 0.2) is 48.5 Å². The van der Waals surface area contributed by atoms with Crippen molar-refractivity contribution in [3.05, 3.63) is 71.0 Å². The maximum absolute atomic E-state index is 14.0. The van der Waals surface area contributed by atoms with Crippen molar-refractivity contribution in [2.75, 3.05) is 13.2 Å². The minimum Gasteiger partial charge on any atom is -0.395 e. The second-order valence-corrected chi connectivity index (χ2v) is 5.24. The number of aryl methyl sites for hydroxylation is 1. The van der Waals surface area contributed by atoms with Crippen LogP contribution in [-0.2, 0) is 11.8 Å². The third-order valence-corrected chi connectivity index (χ3v) is 3.68. The molecule has 0 aromatic heterocycles. The number of aliphatic hydroxyl groups excluding tert-OH is 2. The van der Waals surface area contributed by atoms with Gasteiger partial charge < -0.3 is 10.2 Å². The molecule has 0 atom stereocenters. The van der Waals surface area contributed by atoms with Gasteiger partial charge in [0.1, 0.15) is 5.82 Å². The summed E-state index contributed by atoms with van der Waals surface area (Å²) in [5, 5.41) is 19.5. The van der Waals surface area contributed by atoms with Crippen molar-refractivity contribution in [1.82, 2.24) is 0 Å². The Kier molecular flexibility index (Phi) is 4.53. The Morgan fingerprint density at radius 2 is 1.70 bits per heavy atom. The minimum absolute atomic E-state index is 0.307. The first-order chi connectivity index (χ1) is 9.61. The van der Waals surface area contributed by atoms with Crippen LogP contribution in [0.4, 0.5) is 4.39 Å². The molecule has 0 aliphatic heterocycles. The molecule has 2 nitrogen and oxygen atoms in total. The molecule has 2 N–H and O–H groups in total. The third-order valence-electron chi connectivity index (χ3n) is 3.68. The lowest BCUT2D eigenvalue weighted by molar-refractivity contribution is 0.113. The van der Waals surface area contributed by atoms with Gasteiger partial charge in [0.25, 0.3) is 0 Å². The van der Waals surface area contributed by atoms with Crippen LogP contribution >= 0.6 is 0 Å². The van der Waals surface area contributed by atoms with Crippen LogP contribution in [0.1, 0.15) is 16.7 Å². The highest BCUT2D eigenvalue weighted by Gasteiger charge is 2.33. The summed E-state index contributed by atoms with van der Waals surface area (Å²) in [6.07, 6.45) is 0.391. The summed E-state index contributed by atoms with van der Waals surface area (Å²) in [5.41, 5.74) is 1.42. The van der Waals surface area contributed by atoms with Crippen LogP contribution < -0.4 is 0 Å². The molecule has 2 aromatic rings. The van der Waals surface area contributed by atoms with Crippen molar-refractivity contribution in [1.29, 1.82) is 0 Å². The number of hydrogen-bond acceptors (Lipinski definition) is 2. The van der Waals surface area contributed by atoms with Gasteiger partial charge in [-0.2, -0.15) is 0 Å². The van der Waals surface area contributed by atoms with Gasteiger partial charge in [0, 0.05) is 5.41 Å². The van der Waals surface area contributed by atoms with Crippen molar-refractivity contribution >= 4 is 0 Å². The zero-order chi connectivity index (χ0) is 14.6. The molecule has 106 valence electrons. The average Bonchev–Trinajstić information content (AvgIpc) is 2.46. The van der Waals surface area contributed by atoms with Crippen LogP contribution in [0.25, 0.3) is 0 Å². The van der Waals surface area contributed by atoms with Gasteiger partial charge >= 0.3 is 0 Å². The largest absolute Gasteiger partial charge is 0.395 e. The summed E-state index contributed by atoms with van der Waals surface area (Å²) in [7, 11) is 0. The molecule has 2 aromatic carbocycles. The molecule has 0 fully saturated rings. The summed E-state index contributed by atoms with van der Waals surface area (Å²) in [6, 6.07) is 14.1. The fourth-order valence-corrected chi connectivity index (χ4v) is 2.53. The van der Waals surface area contributed by atoms with Gasteiger partial charge in [0.15, 0.2) is 0 Å². The van der Waals surface area contributed by atoms with Crippen LogP contribution in [-0.4, -0.2) is 23.4 Å². The van der Waals surface area contributed by atoms with E-state index in [-0.39, 0.29) is 13.2 Å². The molecule has 0 radical (unpaired) electrons. The van der Waals surface area contributed by atoms with E-state index < -0.39 is 11.2 Å². The molecule has 3 heteroatoms. The topological polar surface area (TPSA) is 40.5 Å². The van der Waals surface area contributed by atoms with Gasteiger partial charge in [0.2, 0.25) is 0 Å². The zero-order valence-electron chi connectivity index (χ0n) is 11.5. The van der Waals surface area contributed by atoms with Gasteiger partial charge in [-0.1, -0.05) is 48.0 Å². The SMILES string of the molecule is Cc1cccc(CC(CO)(CO)c2ccccc2F)c1. The molecule has 0 amide bonds. The predicted molar refractivity (Wildman–Crippen MR) is 77.1 cm³/mol. The van der Waals surface area contributed by atoms with Gasteiger partial charge in [-0.25, -0.2) is 4.39 Å². The van der Waals surface area contributed by atoms with Gasteiger partial charge in [0.05, 0.1) is 13.2 Å². The lowest BCUT2D eigenvalue weighted by atomic mass is 9.76. The van der Waals surface area contributed by atoms with Crippen molar-refractivity contribution in [2.45, 2.75) is 18.8 Å². The maximum atomic E-state index is 14.0. The van der Waals surface area contributed by atoms with Crippen LogP contribution in [0.3, 0.4) is 0 Å². The van der Waals surface area contributed by atoms with E-state index in [2.05, 4.69) is 0 Å². The Morgan fingerprint density at radius 3 is 2.30 bits per heavy atom. The Labute approximate surface area is 118 Å². The molecule has 0 aliphatic carbocycles. The van der Waals surface area contributed by atoms with E-state index in [0.717, 1.165) is 11.1 Å². The summed E-state index contributed by atoms with van der Waals surface area (Å²) >= 11 is 0. The van der Waals surface area contributed by atoms with Crippen molar-refractivity contribution < 1.29 is 14.6 Å². The summed E-state index contributed by atoms with van der Waals surface area (Å²) < 4.78 is 14.0. The average molecular weight is 274 g/mol. The number of halogens is 1. The quantitative estimate of drug-likeness (QED) is 0.880. The minimum atomic E-state index is -1.00. The van der Waals surface area contributed by atoms with Crippen molar-refractivity contribution in [3.8, 4) is 0 Å². The molecule has 0 spiro atoms. The number of hydrogen-bond donors (Lipinski definition) is 2. The van der Waals surface area contributed by atoms with Crippen molar-refractivity contribution in [3.63, 3.8) is 0 Å². The second-order valence-electron chi connectivity index (χ2n) is 5.24. The molecule has 20 heavy (non-hydrogen) atoms. The van der Waals surface area contributed by atoms with E-state index in [4.69, 9.17) is 0 Å². The summed E-state index contributed by atoms with van der Waals surface area (Å²) in [5.74, 6) is -0.400. The van der Waals surface area contributed by atoms with Gasteiger partial charge in [-0.3, -0.25) is 0 Å². The van der Waals surface area contributed by atoms with Crippen LogP contribution in [0.2, 0.25) is 0 Å². The molecule has 2 rings (SSSR count). The summed E-state index contributed by atoms with van der Waals surface area (Å²) in [4.78, 5) is 0. The third kappa shape index (κ3) is 2.89. The fourth-order valence-electron chi connectivity index (χ4n) is 2.53. The molecular weight excluding hydrogens is 255 g/mol. The molecule has 0 unspecified atom stereocenters. The first-order valence-corrected chi connectivity index (χ1v) is 6.63. The first-order valence-electron chi connectivity index (χ1n) is 6.63. The second kappa shape index (κ2) is 6.16. The Morgan fingerprint density at radius 1 is 1.00 bits per heavy atom. The Balaban J connectivity index is 2.42. The first kappa shape index (κ1) is 14.7. The monoisotopic (exact) mass is 274 g/mol. The highest BCUT2D eigenvalue weighted by molar-refractivity contribution is 5.32. The predicted octanol–water partition coefficient (Wildman–Crippen LogP) is 2.60. The zero-order valence-corrected chi connectivity index (χ0v) is 11.5. The van der Waals surface area contributed by atoms with Gasteiger partial charge in [-0.05, 0) is 30.5 Å². The van der Waals surface area contributed by atoms with E-state index in [1.54, 1.807) is 18.2 Å². The lowest BCUT2D eigenvalue weighted by Gasteiger charge is -2.31. The maximum Gasteiger partial charge on any atom is 0.127 e. The molecular formula is C17H19FO2. The van der Waals surface area contributed by atoms with E-state index in [0.29, 0.717) is 12.0 Å². The number of rotatable bonds is 5. The standard InChI is InChI=1S/C17H19FO2/c1-13-5-4-6-14(9-13)10-17(11-19,12-20)15-7-2-3-8-16(15)18/h2-9,19-20H,10-12H2,1H3. The molecule has 0 heterocycles. The normalized spacial score (nSPS) is 11.6. The van der Waals surface area contributed by atoms with Crippen molar-refractivity contribution in [2.24, 2.45) is 0 Å². The number of benzene rings is 2. The fraction of sp³-hybridized carbons (Fsp3) is 0.294. The van der Waals surface area contributed by atoms with E-state index in [1.807, 2.05) is 31.2 Å². The molecule has 0 bridgehead atoms. The van der Waals surface area contributed by atoms with Crippen LogP contribution in [0.5, 0.6) is 0 Å². The lowest BCUT2D eigenvalue weighted by Crippen LogP contribution is -2.38. The van der Waals surface area contributed by atoms with E-state index >= 15 is 0 Å². The highest BCUT2D eigenvalue weighted by atomic mass is 19.1. The molecule has 0 saturated carbocycles. The van der Waals surface area contributed by atoms with Crippen LogP contribution in [0, 0.1) is 12.7 Å². The number of aliphatic hydroxyl groups is 2. The molecule has 0 aliphatic rings. The summed E-state index contributed by atoms with van der Waals surface area (Å²) in [6.45, 7) is 1.36. The van der Waals surface area contributed by atoms with E-state index in [1.165, 1.54) is 6.07 Å². The highest BCUT2D eigenvalue weighted by Crippen LogP contribution is 2.30. The smallest absolute Gasteiger partial charge is 0.127 e. The van der Waals surface area contributed by atoms with Gasteiger partial charge in [-0.15, -0.1) is 0 Å². The van der Waals surface area contributed by atoms with E-state index in [9.17, 15) is 14.6 Å². The Bertz CT molecular complexity index is 577. The molecule has 0 saturated heterocycles. The Hall–Kier alpha value is -1.71.